The predicted molar refractivity (Wildman–Crippen MR) is 56.8 cm³/mol. The third-order valence-corrected chi connectivity index (χ3v) is 2.72. The topological polar surface area (TPSA) is 23.5 Å². The lowest BCUT2D eigenvalue weighted by molar-refractivity contribution is 0.157. The quantitative estimate of drug-likeness (QED) is 0.540. The molecule has 0 aliphatic heterocycles. The SMILES string of the molecule is CC(CO)N(C)CCCCCBr. The highest BCUT2D eigenvalue weighted by Gasteiger charge is 2.05. The maximum Gasteiger partial charge on any atom is 0.0584 e. The Bertz CT molecular complexity index is 101. The molecule has 1 unspecified atom stereocenters. The predicted octanol–water partition coefficient (Wildman–Crippen LogP) is 1.86. The Morgan fingerprint density at radius 1 is 1.33 bits per heavy atom. The molecule has 0 rings (SSSR count). The van der Waals surface area contributed by atoms with Crippen molar-refractivity contribution in [3.8, 4) is 0 Å². The molecule has 0 saturated carbocycles. The summed E-state index contributed by atoms with van der Waals surface area (Å²) in [4.78, 5) is 2.20. The van der Waals surface area contributed by atoms with Gasteiger partial charge in [-0.05, 0) is 33.4 Å². The minimum atomic E-state index is 0.259. The molecular weight excluding hydrogens is 218 g/mol. The monoisotopic (exact) mass is 237 g/mol. The van der Waals surface area contributed by atoms with Crippen molar-refractivity contribution in [2.75, 3.05) is 25.5 Å². The fraction of sp³-hybridized carbons (Fsp3) is 1.00. The van der Waals surface area contributed by atoms with Crippen LogP contribution in [-0.4, -0.2) is 41.6 Å². The van der Waals surface area contributed by atoms with Crippen LogP contribution in [0, 0.1) is 0 Å². The number of rotatable bonds is 7. The molecule has 0 amide bonds. The molecule has 1 atom stereocenters. The van der Waals surface area contributed by atoms with E-state index in [1.54, 1.807) is 0 Å². The van der Waals surface area contributed by atoms with Crippen LogP contribution in [0.3, 0.4) is 0 Å². The third-order valence-electron chi connectivity index (χ3n) is 2.16. The van der Waals surface area contributed by atoms with Gasteiger partial charge >= 0.3 is 0 Å². The molecule has 2 nitrogen and oxygen atoms in total. The zero-order valence-electron chi connectivity index (χ0n) is 8.09. The molecule has 0 saturated heterocycles. The van der Waals surface area contributed by atoms with Crippen molar-refractivity contribution in [3.05, 3.63) is 0 Å². The lowest BCUT2D eigenvalue weighted by Crippen LogP contribution is -2.32. The van der Waals surface area contributed by atoms with E-state index in [2.05, 4.69) is 27.9 Å². The van der Waals surface area contributed by atoms with Gasteiger partial charge in [-0.25, -0.2) is 0 Å². The maximum absolute atomic E-state index is 8.86. The number of hydrogen-bond donors (Lipinski definition) is 1. The zero-order valence-corrected chi connectivity index (χ0v) is 9.68. The van der Waals surface area contributed by atoms with Crippen molar-refractivity contribution >= 4 is 15.9 Å². The number of alkyl halides is 1. The van der Waals surface area contributed by atoms with Crippen LogP contribution in [0.25, 0.3) is 0 Å². The average molecular weight is 238 g/mol. The van der Waals surface area contributed by atoms with Gasteiger partial charge < -0.3 is 10.0 Å². The Morgan fingerprint density at radius 3 is 2.50 bits per heavy atom. The van der Waals surface area contributed by atoms with Crippen LogP contribution < -0.4 is 0 Å². The van der Waals surface area contributed by atoms with Gasteiger partial charge in [0.1, 0.15) is 0 Å². The second kappa shape index (κ2) is 8.02. The minimum Gasteiger partial charge on any atom is -0.395 e. The average Bonchev–Trinajstić information content (AvgIpc) is 2.10. The molecular formula is C9H20BrNO. The highest BCUT2D eigenvalue weighted by Crippen LogP contribution is 2.02. The van der Waals surface area contributed by atoms with Crippen LogP contribution in [0.1, 0.15) is 26.2 Å². The van der Waals surface area contributed by atoms with Crippen molar-refractivity contribution in [1.29, 1.82) is 0 Å². The maximum atomic E-state index is 8.86. The molecule has 0 aromatic rings. The van der Waals surface area contributed by atoms with Gasteiger partial charge in [0.15, 0.2) is 0 Å². The summed E-state index contributed by atoms with van der Waals surface area (Å²) in [5.74, 6) is 0. The van der Waals surface area contributed by atoms with E-state index in [1.165, 1.54) is 19.3 Å². The van der Waals surface area contributed by atoms with Crippen molar-refractivity contribution < 1.29 is 5.11 Å². The summed E-state index contributed by atoms with van der Waals surface area (Å²) in [6.07, 6.45) is 3.75. The standard InChI is InChI=1S/C9H20BrNO/c1-9(8-12)11(2)7-5-3-4-6-10/h9,12H,3-8H2,1-2H3. The van der Waals surface area contributed by atoms with E-state index in [1.807, 2.05) is 6.92 Å². The smallest absolute Gasteiger partial charge is 0.0584 e. The molecule has 0 heterocycles. The van der Waals surface area contributed by atoms with Crippen molar-refractivity contribution in [1.82, 2.24) is 4.90 Å². The van der Waals surface area contributed by atoms with E-state index in [4.69, 9.17) is 5.11 Å². The van der Waals surface area contributed by atoms with E-state index in [-0.39, 0.29) is 6.61 Å². The molecule has 0 aromatic heterocycles. The van der Waals surface area contributed by atoms with Gasteiger partial charge in [0.05, 0.1) is 6.61 Å². The summed E-state index contributed by atoms with van der Waals surface area (Å²) in [5.41, 5.74) is 0. The second-order valence-corrected chi connectivity index (χ2v) is 4.05. The number of likely N-dealkylation sites (N-methyl/N-ethyl adjacent to an activating group) is 1. The fourth-order valence-corrected chi connectivity index (χ4v) is 1.39. The fourth-order valence-electron chi connectivity index (χ4n) is 0.992. The summed E-state index contributed by atoms with van der Waals surface area (Å²) < 4.78 is 0. The highest BCUT2D eigenvalue weighted by molar-refractivity contribution is 9.09. The molecule has 1 N–H and O–H groups in total. The number of nitrogens with zero attached hydrogens (tertiary/aromatic N) is 1. The number of aliphatic hydroxyl groups excluding tert-OH is 1. The van der Waals surface area contributed by atoms with Crippen LogP contribution in [-0.2, 0) is 0 Å². The first-order valence-corrected chi connectivity index (χ1v) is 5.71. The number of hydrogen-bond acceptors (Lipinski definition) is 2. The first-order valence-electron chi connectivity index (χ1n) is 4.59. The van der Waals surface area contributed by atoms with Gasteiger partial charge in [0, 0.05) is 11.4 Å². The molecule has 74 valence electrons. The molecule has 0 bridgehead atoms. The van der Waals surface area contributed by atoms with Crippen molar-refractivity contribution in [2.24, 2.45) is 0 Å². The van der Waals surface area contributed by atoms with Crippen molar-refractivity contribution in [2.45, 2.75) is 32.2 Å². The largest absolute Gasteiger partial charge is 0.395 e. The van der Waals surface area contributed by atoms with E-state index < -0.39 is 0 Å². The Balaban J connectivity index is 3.24. The summed E-state index contributed by atoms with van der Waals surface area (Å²) in [5, 5.41) is 9.96. The van der Waals surface area contributed by atoms with Crippen LogP contribution in [0.5, 0.6) is 0 Å². The van der Waals surface area contributed by atoms with E-state index in [0.29, 0.717) is 6.04 Å². The van der Waals surface area contributed by atoms with Crippen molar-refractivity contribution in [3.63, 3.8) is 0 Å². The van der Waals surface area contributed by atoms with Crippen LogP contribution in [0.15, 0.2) is 0 Å². The third kappa shape index (κ3) is 5.98. The number of halogens is 1. The molecule has 0 aliphatic rings. The van der Waals surface area contributed by atoms with Gasteiger partial charge in [0.25, 0.3) is 0 Å². The van der Waals surface area contributed by atoms with E-state index >= 15 is 0 Å². The Labute approximate surface area is 84.1 Å². The summed E-state index contributed by atoms with van der Waals surface area (Å²) in [7, 11) is 2.06. The molecule has 0 aromatic carbocycles. The lowest BCUT2D eigenvalue weighted by Gasteiger charge is -2.22. The summed E-state index contributed by atoms with van der Waals surface area (Å²) >= 11 is 3.41. The first kappa shape index (κ1) is 12.4. The Kier molecular flexibility index (Phi) is 8.29. The molecule has 12 heavy (non-hydrogen) atoms. The molecule has 0 aliphatic carbocycles. The molecule has 0 spiro atoms. The van der Waals surface area contributed by atoms with Crippen LogP contribution in [0.2, 0.25) is 0 Å². The number of aliphatic hydroxyl groups is 1. The van der Waals surface area contributed by atoms with Gasteiger partial charge in [-0.1, -0.05) is 22.4 Å². The summed E-state index contributed by atoms with van der Waals surface area (Å²) in [6.45, 7) is 3.40. The molecule has 0 radical (unpaired) electrons. The lowest BCUT2D eigenvalue weighted by atomic mass is 10.2. The Morgan fingerprint density at radius 2 is 2.00 bits per heavy atom. The van der Waals surface area contributed by atoms with Gasteiger partial charge in [-0.15, -0.1) is 0 Å². The first-order chi connectivity index (χ1) is 5.72. The zero-order chi connectivity index (χ0) is 9.40. The van der Waals surface area contributed by atoms with Gasteiger partial charge in [-0.3, -0.25) is 0 Å². The molecule has 0 fully saturated rings. The minimum absolute atomic E-state index is 0.259. The summed E-state index contributed by atoms with van der Waals surface area (Å²) in [6, 6.07) is 0.300. The van der Waals surface area contributed by atoms with Gasteiger partial charge in [-0.2, -0.15) is 0 Å². The van der Waals surface area contributed by atoms with Gasteiger partial charge in [0.2, 0.25) is 0 Å². The highest BCUT2D eigenvalue weighted by atomic mass is 79.9. The normalized spacial score (nSPS) is 13.8. The Hall–Kier alpha value is 0.400. The van der Waals surface area contributed by atoms with Crippen LogP contribution >= 0.6 is 15.9 Å². The van der Waals surface area contributed by atoms with Crippen LogP contribution in [0.4, 0.5) is 0 Å². The number of unbranched alkanes of at least 4 members (excludes halogenated alkanes) is 2. The van der Waals surface area contributed by atoms with E-state index in [0.717, 1.165) is 11.9 Å². The molecule has 3 heteroatoms. The van der Waals surface area contributed by atoms with E-state index in [9.17, 15) is 0 Å². The second-order valence-electron chi connectivity index (χ2n) is 3.26.